The molecule has 0 spiro atoms. The van der Waals surface area contributed by atoms with Crippen LogP contribution in [0.1, 0.15) is 51.5 Å². The summed E-state index contributed by atoms with van der Waals surface area (Å²) in [5.74, 6) is 0.497. The molecule has 1 saturated carbocycles. The van der Waals surface area contributed by atoms with Gasteiger partial charge in [0, 0.05) is 12.5 Å². The number of carbonyl (C=O) groups is 2. The van der Waals surface area contributed by atoms with Crippen LogP contribution in [-0.4, -0.2) is 29.0 Å². The summed E-state index contributed by atoms with van der Waals surface area (Å²) in [6, 6.07) is 8.09. The largest absolute Gasteiger partial charge is 0.453 e. The number of nitrogens with one attached hydrogen (secondary N) is 1. The first-order valence-electron chi connectivity index (χ1n) is 9.78. The molecule has 0 bridgehead atoms. The van der Waals surface area contributed by atoms with Crippen molar-refractivity contribution in [2.24, 2.45) is 11.8 Å². The Bertz CT molecular complexity index is 771. The van der Waals surface area contributed by atoms with Crippen molar-refractivity contribution >= 4 is 33.4 Å². The summed E-state index contributed by atoms with van der Waals surface area (Å²) in [7, 11) is 0. The van der Waals surface area contributed by atoms with Crippen molar-refractivity contribution < 1.29 is 14.3 Å². The molecule has 1 fully saturated rings. The van der Waals surface area contributed by atoms with E-state index in [2.05, 4.69) is 24.1 Å². The average molecular weight is 389 g/mol. The number of aromatic nitrogens is 1. The normalized spacial score (nSPS) is 23.7. The number of ether oxygens (including phenoxy) is 1. The van der Waals surface area contributed by atoms with Crippen LogP contribution in [0.25, 0.3) is 10.2 Å². The highest BCUT2D eigenvalue weighted by molar-refractivity contribution is 7.18. The van der Waals surface area contributed by atoms with Gasteiger partial charge >= 0.3 is 5.97 Å². The quantitative estimate of drug-likeness (QED) is 0.757. The number of hydrogen-bond acceptors (Lipinski definition) is 5. The third-order valence-electron chi connectivity index (χ3n) is 5.59. The second-order valence-corrected chi connectivity index (χ2v) is 8.71. The molecule has 146 valence electrons. The Labute approximate surface area is 164 Å². The number of benzene rings is 1. The Morgan fingerprint density at radius 3 is 2.85 bits per heavy atom. The van der Waals surface area contributed by atoms with E-state index < -0.39 is 6.10 Å². The zero-order valence-electron chi connectivity index (χ0n) is 16.2. The molecule has 1 aromatic carbocycles. The molecule has 27 heavy (non-hydrogen) atoms. The van der Waals surface area contributed by atoms with E-state index in [1.54, 1.807) is 18.3 Å². The van der Waals surface area contributed by atoms with Crippen molar-refractivity contribution in [3.63, 3.8) is 0 Å². The molecule has 1 aromatic heterocycles. The molecule has 6 heteroatoms. The second kappa shape index (κ2) is 8.83. The topological polar surface area (TPSA) is 68.3 Å². The molecule has 0 unspecified atom stereocenters. The summed E-state index contributed by atoms with van der Waals surface area (Å²) in [6.07, 6.45) is 3.33. The van der Waals surface area contributed by atoms with E-state index >= 15 is 0 Å². The molecule has 1 amide bonds. The van der Waals surface area contributed by atoms with E-state index in [0.717, 1.165) is 28.1 Å². The van der Waals surface area contributed by atoms with Gasteiger partial charge in [-0.2, -0.15) is 0 Å². The fraction of sp³-hybridized carbons (Fsp3) is 0.571. The number of carbonyl (C=O) groups excluding carboxylic acids is 2. The maximum Gasteiger partial charge on any atom is 0.306 e. The van der Waals surface area contributed by atoms with Gasteiger partial charge in [0.05, 0.1) is 21.6 Å². The van der Waals surface area contributed by atoms with Gasteiger partial charge in [-0.05, 0) is 37.3 Å². The average Bonchev–Trinajstić information content (AvgIpc) is 3.06. The lowest BCUT2D eigenvalue weighted by atomic mass is 9.78. The molecule has 0 aliphatic heterocycles. The monoisotopic (exact) mass is 388 g/mol. The maximum absolute atomic E-state index is 12.4. The highest BCUT2D eigenvalue weighted by Gasteiger charge is 2.30. The van der Waals surface area contributed by atoms with E-state index in [0.29, 0.717) is 18.3 Å². The van der Waals surface area contributed by atoms with Gasteiger partial charge in [0.2, 0.25) is 0 Å². The van der Waals surface area contributed by atoms with Crippen LogP contribution in [0.2, 0.25) is 0 Å². The highest BCUT2D eigenvalue weighted by Crippen LogP contribution is 2.29. The standard InChI is InChI=1S/C21H28N2O3S/c1-13-7-6-9-16(14(13)2)23-21(25)15(3)26-20(24)12-11-19-22-17-8-4-5-10-18(17)27-19/h4-5,8,10,13-16H,6-7,9,11-12H2,1-3H3,(H,23,25)/t13-,14+,15+,16-/m0/s1. The van der Waals surface area contributed by atoms with Crippen LogP contribution in [0, 0.1) is 11.8 Å². The summed E-state index contributed by atoms with van der Waals surface area (Å²) in [5.41, 5.74) is 0.953. The SMILES string of the molecule is C[C@H]1[C@@H](NC(=O)[C@@H](C)OC(=O)CCc2nc3ccccc3s2)CCC[C@@H]1C. The number of nitrogens with zero attached hydrogens (tertiary/aromatic N) is 1. The van der Waals surface area contributed by atoms with Crippen LogP contribution in [0.4, 0.5) is 0 Å². The van der Waals surface area contributed by atoms with E-state index in [1.165, 1.54) is 6.42 Å². The summed E-state index contributed by atoms with van der Waals surface area (Å²) >= 11 is 1.59. The lowest BCUT2D eigenvalue weighted by molar-refractivity contribution is -0.155. The number of hydrogen-bond donors (Lipinski definition) is 1. The molecule has 1 N–H and O–H groups in total. The van der Waals surface area contributed by atoms with Gasteiger partial charge in [-0.1, -0.05) is 38.8 Å². The minimum absolute atomic E-state index is 0.171. The summed E-state index contributed by atoms with van der Waals surface area (Å²) in [4.78, 5) is 29.0. The van der Waals surface area contributed by atoms with Crippen molar-refractivity contribution in [3.8, 4) is 0 Å². The first kappa shape index (κ1) is 19.8. The third-order valence-corrected chi connectivity index (χ3v) is 6.69. The Morgan fingerprint density at radius 1 is 1.30 bits per heavy atom. The smallest absolute Gasteiger partial charge is 0.306 e. The van der Waals surface area contributed by atoms with Crippen molar-refractivity contribution in [2.75, 3.05) is 0 Å². The fourth-order valence-corrected chi connectivity index (χ4v) is 4.60. The van der Waals surface area contributed by atoms with E-state index in [4.69, 9.17) is 4.74 Å². The Kier molecular flexibility index (Phi) is 6.47. The van der Waals surface area contributed by atoms with Crippen LogP contribution in [0.15, 0.2) is 24.3 Å². The number of thiazole rings is 1. The van der Waals surface area contributed by atoms with E-state index in [1.807, 2.05) is 24.3 Å². The minimum Gasteiger partial charge on any atom is -0.453 e. The number of fused-ring (bicyclic) bond motifs is 1. The zero-order chi connectivity index (χ0) is 19.4. The molecule has 3 rings (SSSR count). The molecule has 2 aromatic rings. The van der Waals surface area contributed by atoms with Crippen LogP contribution >= 0.6 is 11.3 Å². The van der Waals surface area contributed by atoms with E-state index in [-0.39, 0.29) is 24.3 Å². The third kappa shape index (κ3) is 5.06. The Balaban J connectivity index is 1.46. The molecule has 0 saturated heterocycles. The van der Waals surface area contributed by atoms with Crippen molar-refractivity contribution in [1.82, 2.24) is 10.3 Å². The summed E-state index contributed by atoms with van der Waals surface area (Å²) < 4.78 is 6.45. The number of amides is 1. The van der Waals surface area contributed by atoms with Crippen LogP contribution in [-0.2, 0) is 20.7 Å². The van der Waals surface area contributed by atoms with Crippen LogP contribution in [0.3, 0.4) is 0 Å². The molecular weight excluding hydrogens is 360 g/mol. The zero-order valence-corrected chi connectivity index (χ0v) is 17.1. The van der Waals surface area contributed by atoms with E-state index in [9.17, 15) is 9.59 Å². The van der Waals surface area contributed by atoms with Crippen LogP contribution in [0.5, 0.6) is 0 Å². The molecule has 0 radical (unpaired) electrons. The van der Waals surface area contributed by atoms with Crippen molar-refractivity contribution in [3.05, 3.63) is 29.3 Å². The van der Waals surface area contributed by atoms with Gasteiger partial charge in [-0.3, -0.25) is 9.59 Å². The van der Waals surface area contributed by atoms with Gasteiger partial charge in [-0.15, -0.1) is 11.3 Å². The molecule has 1 heterocycles. The molecular formula is C21H28N2O3S. The number of aryl methyl sites for hydroxylation is 1. The fourth-order valence-electron chi connectivity index (χ4n) is 3.63. The molecule has 4 atom stereocenters. The molecule has 1 aliphatic carbocycles. The predicted molar refractivity (Wildman–Crippen MR) is 108 cm³/mol. The minimum atomic E-state index is -0.766. The number of esters is 1. The van der Waals surface area contributed by atoms with Crippen molar-refractivity contribution in [2.45, 2.75) is 65.0 Å². The van der Waals surface area contributed by atoms with Gasteiger partial charge in [0.25, 0.3) is 5.91 Å². The highest BCUT2D eigenvalue weighted by atomic mass is 32.1. The number of rotatable bonds is 6. The summed E-state index contributed by atoms with van der Waals surface area (Å²) in [6.45, 7) is 6.06. The predicted octanol–water partition coefficient (Wildman–Crippen LogP) is 4.10. The Hall–Kier alpha value is -1.95. The summed E-state index contributed by atoms with van der Waals surface area (Å²) in [5, 5.41) is 3.98. The lowest BCUT2D eigenvalue weighted by Crippen LogP contribution is -2.47. The van der Waals surface area contributed by atoms with Crippen molar-refractivity contribution in [1.29, 1.82) is 0 Å². The molecule has 1 aliphatic rings. The lowest BCUT2D eigenvalue weighted by Gasteiger charge is -2.35. The molecule has 5 nitrogen and oxygen atoms in total. The first-order chi connectivity index (χ1) is 12.9. The Morgan fingerprint density at radius 2 is 2.07 bits per heavy atom. The van der Waals surface area contributed by atoms with Gasteiger partial charge in [0.15, 0.2) is 6.10 Å². The maximum atomic E-state index is 12.4. The number of para-hydroxylation sites is 1. The van der Waals surface area contributed by atoms with Gasteiger partial charge in [-0.25, -0.2) is 4.98 Å². The van der Waals surface area contributed by atoms with Gasteiger partial charge in [0.1, 0.15) is 0 Å². The van der Waals surface area contributed by atoms with Gasteiger partial charge < -0.3 is 10.1 Å². The second-order valence-electron chi connectivity index (χ2n) is 7.59. The first-order valence-corrected chi connectivity index (χ1v) is 10.6. The van der Waals surface area contributed by atoms with Crippen LogP contribution < -0.4 is 5.32 Å².